The second kappa shape index (κ2) is 5.85. The fraction of sp³-hybridized carbons (Fsp3) is 0. The van der Waals surface area contributed by atoms with Crippen LogP contribution in [0.25, 0.3) is 11.1 Å². The summed E-state index contributed by atoms with van der Waals surface area (Å²) in [5, 5.41) is 0. The van der Waals surface area contributed by atoms with Crippen LogP contribution in [0.4, 0.5) is 5.69 Å². The van der Waals surface area contributed by atoms with E-state index in [0.29, 0.717) is 0 Å². The van der Waals surface area contributed by atoms with Gasteiger partial charge in [-0.25, -0.2) is 0 Å². The van der Waals surface area contributed by atoms with Gasteiger partial charge in [-0.1, -0.05) is 54.2 Å². The lowest BCUT2D eigenvalue weighted by Gasteiger charge is -2.06. The molecule has 0 aliphatic heterocycles. The summed E-state index contributed by atoms with van der Waals surface area (Å²) in [5.74, 6) is 0. The lowest BCUT2D eigenvalue weighted by molar-refractivity contribution is 1.40. The molecule has 0 aromatic heterocycles. The van der Waals surface area contributed by atoms with Crippen LogP contribution in [0.2, 0.25) is 0 Å². The molecule has 0 saturated carbocycles. The van der Waals surface area contributed by atoms with Gasteiger partial charge in [0.05, 0.1) is 0 Å². The van der Waals surface area contributed by atoms with Gasteiger partial charge in [-0.05, 0) is 47.5 Å². The van der Waals surface area contributed by atoms with Crippen molar-refractivity contribution in [2.24, 2.45) is 0 Å². The van der Waals surface area contributed by atoms with Crippen molar-refractivity contribution in [2.45, 2.75) is 9.79 Å². The smallest absolute Gasteiger partial charge is 0.0320 e. The van der Waals surface area contributed by atoms with Crippen molar-refractivity contribution < 1.29 is 0 Å². The van der Waals surface area contributed by atoms with Crippen LogP contribution in [-0.4, -0.2) is 0 Å². The summed E-state index contributed by atoms with van der Waals surface area (Å²) in [6.07, 6.45) is 0. The highest BCUT2D eigenvalue weighted by Gasteiger charge is 2.01. The number of nitrogen functional groups attached to an aromatic ring is 1. The van der Waals surface area contributed by atoms with Gasteiger partial charge in [0.15, 0.2) is 0 Å². The average molecular weight is 277 g/mol. The molecule has 0 fully saturated rings. The molecular weight excluding hydrogens is 262 g/mol. The summed E-state index contributed by atoms with van der Waals surface area (Å²) in [7, 11) is 0. The van der Waals surface area contributed by atoms with E-state index in [2.05, 4.69) is 54.6 Å². The van der Waals surface area contributed by atoms with Crippen LogP contribution in [0, 0.1) is 0 Å². The topological polar surface area (TPSA) is 26.0 Å². The Morgan fingerprint density at radius 3 is 2.00 bits per heavy atom. The maximum Gasteiger partial charge on any atom is 0.0320 e. The third-order valence-corrected chi connectivity index (χ3v) is 4.03. The van der Waals surface area contributed by atoms with Crippen LogP contribution >= 0.6 is 11.8 Å². The number of hydrogen-bond donors (Lipinski definition) is 1. The molecule has 0 saturated heterocycles. The Labute approximate surface area is 123 Å². The first-order valence-corrected chi connectivity index (χ1v) is 7.32. The molecule has 2 heteroatoms. The highest BCUT2D eigenvalue weighted by atomic mass is 32.2. The second-order valence-electron chi connectivity index (χ2n) is 4.57. The third-order valence-electron chi connectivity index (χ3n) is 3.03. The second-order valence-corrected chi connectivity index (χ2v) is 5.72. The number of rotatable bonds is 3. The van der Waals surface area contributed by atoms with Crippen molar-refractivity contribution in [1.29, 1.82) is 0 Å². The molecule has 98 valence electrons. The Kier molecular flexibility index (Phi) is 3.75. The monoisotopic (exact) mass is 277 g/mol. The predicted octanol–water partition coefficient (Wildman–Crippen LogP) is 5.09. The van der Waals surface area contributed by atoms with Crippen LogP contribution in [0.5, 0.6) is 0 Å². The number of benzene rings is 3. The number of hydrogen-bond acceptors (Lipinski definition) is 2. The molecule has 1 nitrogen and oxygen atoms in total. The number of anilines is 1. The SMILES string of the molecule is Nc1cccc(-c2cccc(Sc3ccccc3)c2)c1. The van der Waals surface area contributed by atoms with E-state index < -0.39 is 0 Å². The summed E-state index contributed by atoms with van der Waals surface area (Å²) < 4.78 is 0. The summed E-state index contributed by atoms with van der Waals surface area (Å²) in [4.78, 5) is 2.48. The Hall–Kier alpha value is -2.19. The maximum absolute atomic E-state index is 5.85. The van der Waals surface area contributed by atoms with Gasteiger partial charge < -0.3 is 5.73 Å². The van der Waals surface area contributed by atoms with E-state index in [1.54, 1.807) is 11.8 Å². The Balaban J connectivity index is 1.90. The highest BCUT2D eigenvalue weighted by molar-refractivity contribution is 7.99. The molecule has 0 aliphatic rings. The van der Waals surface area contributed by atoms with Crippen LogP contribution in [0.15, 0.2) is 88.7 Å². The normalized spacial score (nSPS) is 10.4. The van der Waals surface area contributed by atoms with Crippen molar-refractivity contribution in [1.82, 2.24) is 0 Å². The highest BCUT2D eigenvalue weighted by Crippen LogP contribution is 2.31. The first kappa shape index (κ1) is 12.8. The van der Waals surface area contributed by atoms with Crippen molar-refractivity contribution >= 4 is 17.4 Å². The molecule has 0 aliphatic carbocycles. The van der Waals surface area contributed by atoms with Gasteiger partial charge in [0.1, 0.15) is 0 Å². The molecule has 3 aromatic carbocycles. The zero-order chi connectivity index (χ0) is 13.8. The van der Waals surface area contributed by atoms with Gasteiger partial charge >= 0.3 is 0 Å². The maximum atomic E-state index is 5.85. The van der Waals surface area contributed by atoms with E-state index in [9.17, 15) is 0 Å². The minimum Gasteiger partial charge on any atom is -0.399 e. The van der Waals surface area contributed by atoms with E-state index >= 15 is 0 Å². The molecular formula is C18H15NS. The van der Waals surface area contributed by atoms with E-state index in [4.69, 9.17) is 5.73 Å². The molecule has 0 amide bonds. The van der Waals surface area contributed by atoms with E-state index in [-0.39, 0.29) is 0 Å². The zero-order valence-electron chi connectivity index (χ0n) is 11.0. The van der Waals surface area contributed by atoms with Crippen molar-refractivity contribution in [3.05, 3.63) is 78.9 Å². The van der Waals surface area contributed by atoms with Gasteiger partial charge in [0.25, 0.3) is 0 Å². The predicted molar refractivity (Wildman–Crippen MR) is 86.9 cm³/mol. The van der Waals surface area contributed by atoms with Gasteiger partial charge in [-0.15, -0.1) is 0 Å². The molecule has 0 radical (unpaired) electrons. The molecule has 3 aromatic rings. The van der Waals surface area contributed by atoms with E-state index in [1.165, 1.54) is 15.4 Å². The minimum atomic E-state index is 0.795. The third kappa shape index (κ3) is 3.03. The molecule has 2 N–H and O–H groups in total. The summed E-state index contributed by atoms with van der Waals surface area (Å²) in [5.41, 5.74) is 8.99. The van der Waals surface area contributed by atoms with Gasteiger partial charge in [-0.3, -0.25) is 0 Å². The van der Waals surface area contributed by atoms with Crippen LogP contribution in [0.1, 0.15) is 0 Å². The van der Waals surface area contributed by atoms with Crippen molar-refractivity contribution in [3.8, 4) is 11.1 Å². The fourth-order valence-corrected chi connectivity index (χ4v) is 2.98. The fourth-order valence-electron chi connectivity index (χ4n) is 2.08. The molecule has 20 heavy (non-hydrogen) atoms. The van der Waals surface area contributed by atoms with Crippen LogP contribution in [0.3, 0.4) is 0 Å². The summed E-state index contributed by atoms with van der Waals surface area (Å²) in [6.45, 7) is 0. The molecule has 0 unspecified atom stereocenters. The first-order valence-electron chi connectivity index (χ1n) is 6.50. The van der Waals surface area contributed by atoms with Crippen LogP contribution in [-0.2, 0) is 0 Å². The lowest BCUT2D eigenvalue weighted by atomic mass is 10.1. The van der Waals surface area contributed by atoms with Crippen LogP contribution < -0.4 is 5.73 Å². The van der Waals surface area contributed by atoms with Gasteiger partial charge in [0, 0.05) is 15.5 Å². The molecule has 0 bridgehead atoms. The molecule has 0 spiro atoms. The largest absolute Gasteiger partial charge is 0.399 e. The zero-order valence-corrected chi connectivity index (χ0v) is 11.8. The van der Waals surface area contributed by atoms with Crippen molar-refractivity contribution in [2.75, 3.05) is 5.73 Å². The molecule has 0 heterocycles. The Morgan fingerprint density at radius 2 is 1.25 bits per heavy atom. The Bertz CT molecular complexity index is 707. The Morgan fingerprint density at radius 1 is 0.600 bits per heavy atom. The lowest BCUT2D eigenvalue weighted by Crippen LogP contribution is -1.85. The van der Waals surface area contributed by atoms with E-state index in [1.807, 2.05) is 24.3 Å². The van der Waals surface area contributed by atoms with E-state index in [0.717, 1.165) is 11.3 Å². The molecule has 3 rings (SSSR count). The standard InChI is InChI=1S/C18H15NS/c19-16-8-4-6-14(12-16)15-7-5-11-18(13-15)20-17-9-2-1-3-10-17/h1-13H,19H2. The first-order chi connectivity index (χ1) is 9.81. The van der Waals surface area contributed by atoms with Gasteiger partial charge in [-0.2, -0.15) is 0 Å². The average Bonchev–Trinajstić information content (AvgIpc) is 2.49. The minimum absolute atomic E-state index is 0.795. The quantitative estimate of drug-likeness (QED) is 0.675. The number of nitrogens with two attached hydrogens (primary N) is 1. The summed E-state index contributed by atoms with van der Waals surface area (Å²) >= 11 is 1.77. The van der Waals surface area contributed by atoms with Gasteiger partial charge in [0.2, 0.25) is 0 Å². The van der Waals surface area contributed by atoms with Crippen molar-refractivity contribution in [3.63, 3.8) is 0 Å². The molecule has 0 atom stereocenters. The summed E-state index contributed by atoms with van der Waals surface area (Å²) in [6, 6.07) is 26.9.